The van der Waals surface area contributed by atoms with E-state index in [1.165, 1.54) is 12.8 Å². The molecule has 0 aromatic carbocycles. The first-order chi connectivity index (χ1) is 12.6. The van der Waals surface area contributed by atoms with Crippen LogP contribution in [-0.4, -0.2) is 62.8 Å². The molecule has 2 heterocycles. The number of amides is 2. The van der Waals surface area contributed by atoms with Gasteiger partial charge in [0.05, 0.1) is 18.8 Å². The van der Waals surface area contributed by atoms with E-state index in [4.69, 9.17) is 0 Å². The Kier molecular flexibility index (Phi) is 5.94. The Morgan fingerprint density at radius 2 is 2.00 bits per heavy atom. The molecule has 7 heteroatoms. The SMILES string of the molecule is CCCCC1(C(=O)N2CC(N(C)C(=O)CCn3ccnn3)C2)CCCC1. The highest BCUT2D eigenvalue weighted by atomic mass is 16.2. The molecule has 0 N–H and O–H groups in total. The Balaban J connectivity index is 1.47. The largest absolute Gasteiger partial charge is 0.339 e. The fourth-order valence-corrected chi connectivity index (χ4v) is 4.28. The Bertz CT molecular complexity index is 603. The smallest absolute Gasteiger partial charge is 0.228 e. The van der Waals surface area contributed by atoms with Crippen LogP contribution in [0.2, 0.25) is 0 Å². The lowest BCUT2D eigenvalue weighted by Crippen LogP contribution is -2.63. The van der Waals surface area contributed by atoms with Crippen molar-refractivity contribution >= 4 is 11.8 Å². The Morgan fingerprint density at radius 3 is 2.62 bits per heavy atom. The van der Waals surface area contributed by atoms with Crippen LogP contribution in [-0.2, 0) is 16.1 Å². The Morgan fingerprint density at radius 1 is 1.27 bits per heavy atom. The van der Waals surface area contributed by atoms with Gasteiger partial charge >= 0.3 is 0 Å². The summed E-state index contributed by atoms with van der Waals surface area (Å²) in [6, 6.07) is 0.145. The highest BCUT2D eigenvalue weighted by Crippen LogP contribution is 2.44. The number of unbranched alkanes of at least 4 members (excludes halogenated alkanes) is 1. The summed E-state index contributed by atoms with van der Waals surface area (Å²) in [6.45, 7) is 4.09. The van der Waals surface area contributed by atoms with Crippen molar-refractivity contribution < 1.29 is 9.59 Å². The average Bonchev–Trinajstić information content (AvgIpc) is 3.28. The van der Waals surface area contributed by atoms with Crippen LogP contribution in [0.5, 0.6) is 0 Å². The number of aryl methyl sites for hydroxylation is 1. The first-order valence-corrected chi connectivity index (χ1v) is 9.95. The van der Waals surface area contributed by atoms with Crippen molar-refractivity contribution in [1.29, 1.82) is 0 Å². The van der Waals surface area contributed by atoms with Gasteiger partial charge in [-0.05, 0) is 19.3 Å². The number of carbonyl (C=O) groups is 2. The lowest BCUT2D eigenvalue weighted by atomic mass is 9.78. The maximum Gasteiger partial charge on any atom is 0.228 e. The third-order valence-electron chi connectivity index (χ3n) is 6.14. The second-order valence-electron chi connectivity index (χ2n) is 7.88. The summed E-state index contributed by atoms with van der Waals surface area (Å²) < 4.78 is 1.67. The van der Waals surface area contributed by atoms with E-state index in [-0.39, 0.29) is 17.4 Å². The zero-order valence-electron chi connectivity index (χ0n) is 16.1. The quantitative estimate of drug-likeness (QED) is 0.711. The average molecular weight is 361 g/mol. The molecule has 2 amide bonds. The summed E-state index contributed by atoms with van der Waals surface area (Å²) in [4.78, 5) is 29.2. The van der Waals surface area contributed by atoms with Crippen molar-refractivity contribution in [3.8, 4) is 0 Å². The fourth-order valence-electron chi connectivity index (χ4n) is 4.28. The molecule has 3 rings (SSSR count). The molecule has 1 saturated heterocycles. The van der Waals surface area contributed by atoms with Crippen LogP contribution in [0.3, 0.4) is 0 Å². The van der Waals surface area contributed by atoms with Crippen molar-refractivity contribution in [3.05, 3.63) is 12.4 Å². The van der Waals surface area contributed by atoms with Gasteiger partial charge in [-0.25, -0.2) is 0 Å². The number of aromatic nitrogens is 3. The minimum Gasteiger partial charge on any atom is -0.339 e. The summed E-state index contributed by atoms with van der Waals surface area (Å²) >= 11 is 0. The second kappa shape index (κ2) is 8.18. The van der Waals surface area contributed by atoms with E-state index in [1.807, 2.05) is 11.9 Å². The monoisotopic (exact) mass is 361 g/mol. The van der Waals surface area contributed by atoms with E-state index < -0.39 is 0 Å². The van der Waals surface area contributed by atoms with Crippen molar-refractivity contribution in [2.75, 3.05) is 20.1 Å². The summed E-state index contributed by atoms with van der Waals surface area (Å²) in [5, 5.41) is 7.63. The van der Waals surface area contributed by atoms with Gasteiger partial charge in [0.1, 0.15) is 0 Å². The van der Waals surface area contributed by atoms with Gasteiger partial charge in [-0.15, -0.1) is 5.10 Å². The molecule has 0 bridgehead atoms. The topological polar surface area (TPSA) is 71.3 Å². The van der Waals surface area contributed by atoms with Crippen LogP contribution in [0.25, 0.3) is 0 Å². The van der Waals surface area contributed by atoms with E-state index in [0.717, 1.165) is 32.1 Å². The maximum absolute atomic E-state index is 13.1. The maximum atomic E-state index is 13.1. The molecule has 1 aromatic rings. The molecule has 2 aliphatic rings. The molecule has 1 aliphatic heterocycles. The molecule has 26 heavy (non-hydrogen) atoms. The number of rotatable bonds is 8. The summed E-state index contributed by atoms with van der Waals surface area (Å²) in [6.07, 6.45) is 11.5. The fraction of sp³-hybridized carbons (Fsp3) is 0.789. The van der Waals surface area contributed by atoms with Gasteiger partial charge in [0.25, 0.3) is 0 Å². The lowest BCUT2D eigenvalue weighted by Gasteiger charge is -2.47. The van der Waals surface area contributed by atoms with E-state index >= 15 is 0 Å². The highest BCUT2D eigenvalue weighted by molar-refractivity contribution is 5.84. The van der Waals surface area contributed by atoms with Gasteiger partial charge in [-0.1, -0.05) is 37.8 Å². The number of likely N-dealkylation sites (N-methyl/N-ethyl adjacent to an activating group) is 1. The van der Waals surface area contributed by atoms with E-state index in [9.17, 15) is 9.59 Å². The molecule has 0 unspecified atom stereocenters. The van der Waals surface area contributed by atoms with Crippen molar-refractivity contribution in [2.24, 2.45) is 5.41 Å². The van der Waals surface area contributed by atoms with Gasteiger partial charge in [0.15, 0.2) is 0 Å². The highest BCUT2D eigenvalue weighted by Gasteiger charge is 2.46. The third-order valence-corrected chi connectivity index (χ3v) is 6.14. The molecule has 0 atom stereocenters. The minimum atomic E-state index is -0.114. The van der Waals surface area contributed by atoms with Gasteiger partial charge in [-0.3, -0.25) is 14.3 Å². The molecule has 0 spiro atoms. The molecule has 0 radical (unpaired) electrons. The van der Waals surface area contributed by atoms with Gasteiger partial charge in [0, 0.05) is 38.2 Å². The number of hydrogen-bond acceptors (Lipinski definition) is 4. The summed E-state index contributed by atoms with van der Waals surface area (Å²) in [5.74, 6) is 0.433. The normalized spacial score (nSPS) is 19.4. The lowest BCUT2D eigenvalue weighted by molar-refractivity contribution is -0.153. The molecular formula is C19H31N5O2. The van der Waals surface area contributed by atoms with E-state index in [0.29, 0.717) is 32.0 Å². The van der Waals surface area contributed by atoms with Crippen LogP contribution < -0.4 is 0 Å². The predicted octanol–water partition coefficient (Wildman–Crippen LogP) is 2.09. The van der Waals surface area contributed by atoms with Crippen LogP contribution in [0.4, 0.5) is 0 Å². The van der Waals surface area contributed by atoms with Crippen molar-refractivity contribution in [2.45, 2.75) is 70.9 Å². The molecule has 144 valence electrons. The van der Waals surface area contributed by atoms with Crippen molar-refractivity contribution in [1.82, 2.24) is 24.8 Å². The summed E-state index contributed by atoms with van der Waals surface area (Å²) in [5.41, 5.74) is -0.114. The van der Waals surface area contributed by atoms with E-state index in [2.05, 4.69) is 17.2 Å². The van der Waals surface area contributed by atoms with Crippen LogP contribution >= 0.6 is 0 Å². The minimum absolute atomic E-state index is 0.0964. The summed E-state index contributed by atoms with van der Waals surface area (Å²) in [7, 11) is 1.85. The van der Waals surface area contributed by atoms with Crippen LogP contribution in [0.15, 0.2) is 12.4 Å². The second-order valence-corrected chi connectivity index (χ2v) is 7.88. The number of nitrogens with zero attached hydrogens (tertiary/aromatic N) is 5. The Labute approximate surface area is 155 Å². The molecule has 1 aromatic heterocycles. The number of hydrogen-bond donors (Lipinski definition) is 0. The standard InChI is InChI=1S/C19H31N5O2/c1-3-4-8-19(9-5-6-10-19)18(26)23-14-16(15-23)22(2)17(25)7-12-24-13-11-20-21-24/h11,13,16H,3-10,12,14-15H2,1-2H3. The first-order valence-electron chi connectivity index (χ1n) is 9.95. The van der Waals surface area contributed by atoms with Crippen LogP contribution in [0.1, 0.15) is 58.3 Å². The molecule has 1 aliphatic carbocycles. The van der Waals surface area contributed by atoms with Gasteiger partial charge in [0.2, 0.25) is 11.8 Å². The predicted molar refractivity (Wildman–Crippen MR) is 98.2 cm³/mol. The van der Waals surface area contributed by atoms with E-state index in [1.54, 1.807) is 22.0 Å². The van der Waals surface area contributed by atoms with Crippen molar-refractivity contribution in [3.63, 3.8) is 0 Å². The molecule has 2 fully saturated rings. The zero-order chi connectivity index (χ0) is 18.6. The number of likely N-dealkylation sites (tertiary alicyclic amines) is 1. The third kappa shape index (κ3) is 3.91. The van der Waals surface area contributed by atoms with Gasteiger partial charge in [-0.2, -0.15) is 0 Å². The number of carbonyl (C=O) groups excluding carboxylic acids is 2. The molecular weight excluding hydrogens is 330 g/mol. The molecule has 7 nitrogen and oxygen atoms in total. The zero-order valence-corrected chi connectivity index (χ0v) is 16.1. The van der Waals surface area contributed by atoms with Gasteiger partial charge < -0.3 is 9.80 Å². The Hall–Kier alpha value is -1.92. The van der Waals surface area contributed by atoms with Crippen LogP contribution in [0, 0.1) is 5.41 Å². The first kappa shape index (κ1) is 18.9. The molecule has 1 saturated carbocycles.